The van der Waals surface area contributed by atoms with E-state index in [0.717, 1.165) is 6.42 Å². The molecule has 7 heteroatoms. The number of morpholine rings is 1. The summed E-state index contributed by atoms with van der Waals surface area (Å²) in [5.41, 5.74) is 0. The Morgan fingerprint density at radius 2 is 2.21 bits per heavy atom. The zero-order chi connectivity index (χ0) is 13.8. The normalized spacial score (nSPS) is 30.7. The fourth-order valence-electron chi connectivity index (χ4n) is 2.59. The lowest BCUT2D eigenvalue weighted by Gasteiger charge is -2.31. The number of ether oxygens (including phenoxy) is 1. The van der Waals surface area contributed by atoms with Crippen LogP contribution in [0.3, 0.4) is 0 Å². The van der Waals surface area contributed by atoms with Gasteiger partial charge in [-0.25, -0.2) is 4.79 Å². The van der Waals surface area contributed by atoms with Crippen LogP contribution in [-0.4, -0.2) is 53.8 Å². The van der Waals surface area contributed by atoms with Gasteiger partial charge in [0.25, 0.3) is 0 Å². The third kappa shape index (κ3) is 3.15. The second kappa shape index (κ2) is 5.89. The molecule has 2 rings (SSSR count). The SMILES string of the molecule is N#CC1CN(C(=O)NC2CCCC2C(=O)O)CCO1. The Balaban J connectivity index is 1.90. The van der Waals surface area contributed by atoms with Gasteiger partial charge in [0, 0.05) is 12.6 Å². The molecule has 0 spiro atoms. The summed E-state index contributed by atoms with van der Waals surface area (Å²) in [4.78, 5) is 24.6. The van der Waals surface area contributed by atoms with Crippen molar-refractivity contribution in [1.82, 2.24) is 10.2 Å². The minimum atomic E-state index is -0.861. The van der Waals surface area contributed by atoms with E-state index in [4.69, 9.17) is 15.1 Å². The number of hydrogen-bond donors (Lipinski definition) is 2. The summed E-state index contributed by atoms with van der Waals surface area (Å²) in [7, 11) is 0. The van der Waals surface area contributed by atoms with Crippen molar-refractivity contribution in [2.45, 2.75) is 31.4 Å². The minimum Gasteiger partial charge on any atom is -0.481 e. The molecular formula is C12H17N3O4. The number of amides is 2. The van der Waals surface area contributed by atoms with Crippen LogP contribution < -0.4 is 5.32 Å². The molecule has 1 saturated carbocycles. The molecule has 3 atom stereocenters. The van der Waals surface area contributed by atoms with Gasteiger partial charge in [0.15, 0.2) is 6.10 Å². The zero-order valence-electron chi connectivity index (χ0n) is 10.5. The molecule has 0 radical (unpaired) electrons. The van der Waals surface area contributed by atoms with E-state index >= 15 is 0 Å². The molecule has 1 heterocycles. The van der Waals surface area contributed by atoms with Gasteiger partial charge in [-0.1, -0.05) is 6.42 Å². The molecule has 1 saturated heterocycles. The Morgan fingerprint density at radius 1 is 1.42 bits per heavy atom. The fraction of sp³-hybridized carbons (Fsp3) is 0.750. The molecular weight excluding hydrogens is 250 g/mol. The smallest absolute Gasteiger partial charge is 0.317 e. The quantitative estimate of drug-likeness (QED) is 0.742. The van der Waals surface area contributed by atoms with Crippen LogP contribution >= 0.6 is 0 Å². The number of hydrogen-bond acceptors (Lipinski definition) is 4. The maximum atomic E-state index is 12.0. The number of rotatable bonds is 2. The Hall–Kier alpha value is -1.81. The van der Waals surface area contributed by atoms with Gasteiger partial charge in [-0.3, -0.25) is 4.79 Å². The minimum absolute atomic E-state index is 0.229. The molecule has 2 fully saturated rings. The first kappa shape index (κ1) is 13.6. The van der Waals surface area contributed by atoms with Crippen molar-refractivity contribution in [1.29, 1.82) is 5.26 Å². The maximum Gasteiger partial charge on any atom is 0.317 e. The lowest BCUT2D eigenvalue weighted by Crippen LogP contribution is -2.52. The molecule has 7 nitrogen and oxygen atoms in total. The van der Waals surface area contributed by atoms with E-state index in [1.807, 2.05) is 6.07 Å². The molecule has 0 aromatic heterocycles. The summed E-state index contributed by atoms with van der Waals surface area (Å²) in [6.07, 6.45) is 1.50. The topological polar surface area (TPSA) is 103 Å². The average Bonchev–Trinajstić information content (AvgIpc) is 2.87. The van der Waals surface area contributed by atoms with E-state index in [9.17, 15) is 9.59 Å². The van der Waals surface area contributed by atoms with Crippen molar-refractivity contribution in [3.8, 4) is 6.07 Å². The van der Waals surface area contributed by atoms with E-state index in [0.29, 0.717) is 26.0 Å². The van der Waals surface area contributed by atoms with E-state index in [1.54, 1.807) is 0 Å². The molecule has 2 aliphatic rings. The Bertz CT molecular complexity index is 406. The second-order valence-corrected chi connectivity index (χ2v) is 4.87. The number of nitrogens with one attached hydrogen (secondary N) is 1. The first-order valence-electron chi connectivity index (χ1n) is 6.41. The fourth-order valence-corrected chi connectivity index (χ4v) is 2.59. The predicted molar refractivity (Wildman–Crippen MR) is 64.2 cm³/mol. The Kier molecular flexibility index (Phi) is 4.22. The highest BCUT2D eigenvalue weighted by Gasteiger charge is 2.35. The first-order valence-corrected chi connectivity index (χ1v) is 6.41. The van der Waals surface area contributed by atoms with Crippen molar-refractivity contribution in [2.24, 2.45) is 5.92 Å². The molecule has 0 bridgehead atoms. The number of urea groups is 1. The predicted octanol–water partition coefficient (Wildman–Crippen LogP) is 0.174. The van der Waals surface area contributed by atoms with Gasteiger partial charge < -0.3 is 20.1 Å². The van der Waals surface area contributed by atoms with Crippen molar-refractivity contribution in [2.75, 3.05) is 19.7 Å². The van der Waals surface area contributed by atoms with Crippen LogP contribution in [-0.2, 0) is 9.53 Å². The number of carboxylic acid groups (broad SMARTS) is 1. The van der Waals surface area contributed by atoms with Crippen molar-refractivity contribution < 1.29 is 19.4 Å². The number of carbonyl (C=O) groups is 2. The number of aliphatic carboxylic acids is 1. The van der Waals surface area contributed by atoms with Crippen molar-refractivity contribution >= 4 is 12.0 Å². The van der Waals surface area contributed by atoms with Crippen LogP contribution in [0.4, 0.5) is 4.79 Å². The highest BCUT2D eigenvalue weighted by molar-refractivity contribution is 5.77. The van der Waals surface area contributed by atoms with Gasteiger partial charge in [-0.2, -0.15) is 5.26 Å². The van der Waals surface area contributed by atoms with E-state index in [-0.39, 0.29) is 18.6 Å². The molecule has 3 unspecified atom stereocenters. The Labute approximate surface area is 111 Å². The van der Waals surface area contributed by atoms with Gasteiger partial charge >= 0.3 is 12.0 Å². The van der Waals surface area contributed by atoms with Crippen LogP contribution in [0.15, 0.2) is 0 Å². The molecule has 104 valence electrons. The largest absolute Gasteiger partial charge is 0.481 e. The van der Waals surface area contributed by atoms with Gasteiger partial charge in [0.05, 0.1) is 25.1 Å². The van der Waals surface area contributed by atoms with Gasteiger partial charge in [0.1, 0.15) is 0 Å². The molecule has 1 aliphatic carbocycles. The lowest BCUT2D eigenvalue weighted by molar-refractivity contribution is -0.142. The van der Waals surface area contributed by atoms with E-state index < -0.39 is 18.0 Å². The summed E-state index contributed by atoms with van der Waals surface area (Å²) >= 11 is 0. The summed E-state index contributed by atoms with van der Waals surface area (Å²) in [5, 5.41) is 20.6. The van der Waals surface area contributed by atoms with Crippen LogP contribution in [0.1, 0.15) is 19.3 Å². The molecule has 1 aliphatic heterocycles. The summed E-state index contributed by atoms with van der Waals surface area (Å²) < 4.78 is 5.16. The summed E-state index contributed by atoms with van der Waals surface area (Å²) in [6, 6.07) is 1.36. The van der Waals surface area contributed by atoms with Crippen LogP contribution in [0.2, 0.25) is 0 Å². The number of nitrogens with zero attached hydrogens (tertiary/aromatic N) is 2. The van der Waals surface area contributed by atoms with Crippen LogP contribution in [0.25, 0.3) is 0 Å². The van der Waals surface area contributed by atoms with Crippen LogP contribution in [0, 0.1) is 17.2 Å². The second-order valence-electron chi connectivity index (χ2n) is 4.87. The molecule has 19 heavy (non-hydrogen) atoms. The first-order chi connectivity index (χ1) is 9.11. The van der Waals surface area contributed by atoms with Gasteiger partial charge in [-0.05, 0) is 12.8 Å². The Morgan fingerprint density at radius 3 is 2.89 bits per heavy atom. The molecule has 0 aromatic rings. The van der Waals surface area contributed by atoms with Crippen molar-refractivity contribution in [3.63, 3.8) is 0 Å². The van der Waals surface area contributed by atoms with E-state index in [1.165, 1.54) is 4.90 Å². The number of nitriles is 1. The molecule has 0 aromatic carbocycles. The standard InChI is InChI=1S/C12H17N3O4/c13-6-8-7-15(4-5-19-8)12(18)14-10-3-1-2-9(10)11(16)17/h8-10H,1-5,7H2,(H,14,18)(H,16,17). The molecule has 2 N–H and O–H groups in total. The zero-order valence-corrected chi connectivity index (χ0v) is 10.5. The van der Waals surface area contributed by atoms with Gasteiger partial charge in [-0.15, -0.1) is 0 Å². The van der Waals surface area contributed by atoms with E-state index in [2.05, 4.69) is 5.32 Å². The van der Waals surface area contributed by atoms with Crippen molar-refractivity contribution in [3.05, 3.63) is 0 Å². The van der Waals surface area contributed by atoms with Gasteiger partial charge in [0.2, 0.25) is 0 Å². The van der Waals surface area contributed by atoms with Crippen LogP contribution in [0.5, 0.6) is 0 Å². The summed E-state index contributed by atoms with van der Waals surface area (Å²) in [5.74, 6) is -1.36. The average molecular weight is 267 g/mol. The highest BCUT2D eigenvalue weighted by atomic mass is 16.5. The monoisotopic (exact) mass is 267 g/mol. The lowest BCUT2D eigenvalue weighted by atomic mass is 10.0. The molecule has 2 amide bonds. The highest BCUT2D eigenvalue weighted by Crippen LogP contribution is 2.26. The summed E-state index contributed by atoms with van der Waals surface area (Å²) in [6.45, 7) is 0.986. The number of carbonyl (C=O) groups excluding carboxylic acids is 1. The maximum absolute atomic E-state index is 12.0. The third-order valence-electron chi connectivity index (χ3n) is 3.64. The third-order valence-corrected chi connectivity index (χ3v) is 3.64. The number of carboxylic acids is 1.